The zero-order valence-corrected chi connectivity index (χ0v) is 13.2. The van der Waals surface area contributed by atoms with Gasteiger partial charge in [0.15, 0.2) is 0 Å². The van der Waals surface area contributed by atoms with Gasteiger partial charge in [0.2, 0.25) is 0 Å². The van der Waals surface area contributed by atoms with Gasteiger partial charge in [-0.2, -0.15) is 0 Å². The highest BCUT2D eigenvalue weighted by molar-refractivity contribution is 5.65. The molecule has 0 aliphatic heterocycles. The average Bonchev–Trinajstić information content (AvgIpc) is 2.99. The summed E-state index contributed by atoms with van der Waals surface area (Å²) < 4.78 is 15.9. The minimum atomic E-state index is -0.315. The van der Waals surface area contributed by atoms with Crippen LogP contribution in [0.5, 0.6) is 0 Å². The van der Waals surface area contributed by atoms with Crippen molar-refractivity contribution in [1.29, 1.82) is 0 Å². The van der Waals surface area contributed by atoms with Crippen molar-refractivity contribution >= 4 is 0 Å². The molecule has 0 atom stereocenters. The fraction of sp³-hybridized carbons (Fsp3) is 0.222. The first kappa shape index (κ1) is 15.4. The Kier molecular flexibility index (Phi) is 4.21. The van der Waals surface area contributed by atoms with Crippen LogP contribution in [0.25, 0.3) is 16.9 Å². The summed E-state index contributed by atoms with van der Waals surface area (Å²) >= 11 is 0. The topological polar surface area (TPSA) is 56.7 Å². The van der Waals surface area contributed by atoms with Crippen LogP contribution >= 0.6 is 0 Å². The fourth-order valence-electron chi connectivity index (χ4n) is 2.55. The average molecular weight is 310 g/mol. The van der Waals surface area contributed by atoms with Crippen molar-refractivity contribution in [1.82, 2.24) is 15.0 Å². The van der Waals surface area contributed by atoms with E-state index in [0.717, 1.165) is 5.69 Å². The van der Waals surface area contributed by atoms with Gasteiger partial charge in [-0.25, -0.2) is 9.07 Å². The molecule has 0 fully saturated rings. The maximum absolute atomic E-state index is 14.2. The summed E-state index contributed by atoms with van der Waals surface area (Å²) in [6.07, 6.45) is 0. The zero-order valence-electron chi connectivity index (χ0n) is 13.2. The highest BCUT2D eigenvalue weighted by Crippen LogP contribution is 2.28. The monoisotopic (exact) mass is 310 g/mol. The predicted molar refractivity (Wildman–Crippen MR) is 88.7 cm³/mol. The molecule has 118 valence electrons. The molecule has 3 aromatic rings. The fourth-order valence-corrected chi connectivity index (χ4v) is 2.55. The SMILES string of the molecule is CC(C)c1ccc(-n2nnc(CN)c2-c2ccccc2F)cc1. The number of benzene rings is 2. The quantitative estimate of drug-likeness (QED) is 0.800. The Balaban J connectivity index is 2.14. The van der Waals surface area contributed by atoms with Crippen LogP contribution in [0.1, 0.15) is 31.0 Å². The van der Waals surface area contributed by atoms with E-state index in [1.165, 1.54) is 11.6 Å². The number of nitrogens with two attached hydrogens (primary N) is 1. The van der Waals surface area contributed by atoms with Crippen LogP contribution < -0.4 is 5.73 Å². The van der Waals surface area contributed by atoms with Crippen molar-refractivity contribution in [3.8, 4) is 16.9 Å². The first-order valence-electron chi connectivity index (χ1n) is 7.61. The van der Waals surface area contributed by atoms with Gasteiger partial charge in [0.1, 0.15) is 17.2 Å². The predicted octanol–water partition coefficient (Wildman–Crippen LogP) is 3.66. The van der Waals surface area contributed by atoms with Crippen LogP contribution in [0.15, 0.2) is 48.5 Å². The standard InChI is InChI=1S/C18H19FN4/c1-12(2)13-7-9-14(10-8-13)23-18(17(11-20)21-22-23)15-5-3-4-6-16(15)19/h3-10,12H,11,20H2,1-2H3. The molecule has 0 amide bonds. The van der Waals surface area contributed by atoms with Gasteiger partial charge in [-0.1, -0.05) is 43.3 Å². The third kappa shape index (κ3) is 2.87. The lowest BCUT2D eigenvalue weighted by Crippen LogP contribution is -2.04. The van der Waals surface area contributed by atoms with Gasteiger partial charge in [0.05, 0.1) is 5.69 Å². The first-order valence-corrected chi connectivity index (χ1v) is 7.61. The Bertz CT molecular complexity index is 806. The molecule has 3 rings (SSSR count). The van der Waals surface area contributed by atoms with Crippen LogP contribution in [0.2, 0.25) is 0 Å². The third-order valence-corrected chi connectivity index (χ3v) is 3.87. The van der Waals surface area contributed by atoms with E-state index in [4.69, 9.17) is 5.73 Å². The molecule has 0 saturated carbocycles. The molecule has 0 aliphatic rings. The van der Waals surface area contributed by atoms with E-state index in [9.17, 15) is 4.39 Å². The second-order valence-electron chi connectivity index (χ2n) is 5.73. The van der Waals surface area contributed by atoms with Gasteiger partial charge in [-0.05, 0) is 35.7 Å². The molecule has 23 heavy (non-hydrogen) atoms. The van der Waals surface area contributed by atoms with Crippen LogP contribution in [0.3, 0.4) is 0 Å². The Morgan fingerprint density at radius 3 is 2.39 bits per heavy atom. The molecule has 0 bridgehead atoms. The molecule has 1 heterocycles. The minimum Gasteiger partial charge on any atom is -0.325 e. The summed E-state index contributed by atoms with van der Waals surface area (Å²) in [6.45, 7) is 4.48. The van der Waals surface area contributed by atoms with Gasteiger partial charge in [0, 0.05) is 12.1 Å². The lowest BCUT2D eigenvalue weighted by Gasteiger charge is -2.10. The first-order chi connectivity index (χ1) is 11.1. The van der Waals surface area contributed by atoms with E-state index in [0.29, 0.717) is 22.9 Å². The van der Waals surface area contributed by atoms with E-state index in [2.05, 4.69) is 36.3 Å². The summed E-state index contributed by atoms with van der Waals surface area (Å²) in [5, 5.41) is 8.28. The molecule has 0 radical (unpaired) electrons. The molecule has 0 unspecified atom stereocenters. The summed E-state index contributed by atoms with van der Waals surface area (Å²) in [4.78, 5) is 0. The molecule has 2 aromatic carbocycles. The zero-order chi connectivity index (χ0) is 16.4. The minimum absolute atomic E-state index is 0.202. The van der Waals surface area contributed by atoms with E-state index < -0.39 is 0 Å². The summed E-state index contributed by atoms with van der Waals surface area (Å²) in [6, 6.07) is 14.6. The Hall–Kier alpha value is -2.53. The van der Waals surface area contributed by atoms with Crippen molar-refractivity contribution in [2.75, 3.05) is 0 Å². The summed E-state index contributed by atoms with van der Waals surface area (Å²) in [5.41, 5.74) is 9.45. The van der Waals surface area contributed by atoms with Gasteiger partial charge < -0.3 is 5.73 Å². The highest BCUT2D eigenvalue weighted by Gasteiger charge is 2.18. The Morgan fingerprint density at radius 1 is 1.09 bits per heavy atom. The maximum Gasteiger partial charge on any atom is 0.132 e. The number of aromatic nitrogens is 3. The van der Waals surface area contributed by atoms with Crippen LogP contribution in [0.4, 0.5) is 4.39 Å². The van der Waals surface area contributed by atoms with E-state index in [-0.39, 0.29) is 12.4 Å². The second-order valence-corrected chi connectivity index (χ2v) is 5.73. The van der Waals surface area contributed by atoms with Gasteiger partial charge in [0.25, 0.3) is 0 Å². The normalized spacial score (nSPS) is 11.2. The highest BCUT2D eigenvalue weighted by atomic mass is 19.1. The number of rotatable bonds is 4. The van der Waals surface area contributed by atoms with Crippen LogP contribution in [0, 0.1) is 5.82 Å². The van der Waals surface area contributed by atoms with Gasteiger partial charge >= 0.3 is 0 Å². The third-order valence-electron chi connectivity index (χ3n) is 3.87. The van der Waals surface area contributed by atoms with Crippen LogP contribution in [-0.4, -0.2) is 15.0 Å². The molecule has 5 heteroatoms. The van der Waals surface area contributed by atoms with Gasteiger partial charge in [-0.3, -0.25) is 0 Å². The molecular formula is C18H19FN4. The lowest BCUT2D eigenvalue weighted by molar-refractivity contribution is 0.629. The van der Waals surface area contributed by atoms with Crippen molar-refractivity contribution in [2.45, 2.75) is 26.3 Å². The number of hydrogen-bond acceptors (Lipinski definition) is 3. The molecule has 1 aromatic heterocycles. The summed E-state index contributed by atoms with van der Waals surface area (Å²) in [7, 11) is 0. The summed E-state index contributed by atoms with van der Waals surface area (Å²) in [5.74, 6) is 0.134. The Labute approximate surface area is 134 Å². The van der Waals surface area contributed by atoms with Crippen molar-refractivity contribution < 1.29 is 4.39 Å². The smallest absolute Gasteiger partial charge is 0.132 e. The molecule has 2 N–H and O–H groups in total. The lowest BCUT2D eigenvalue weighted by atomic mass is 10.0. The van der Waals surface area contributed by atoms with E-state index in [1.54, 1.807) is 22.9 Å². The van der Waals surface area contributed by atoms with Crippen molar-refractivity contribution in [3.63, 3.8) is 0 Å². The molecule has 4 nitrogen and oxygen atoms in total. The number of halogens is 1. The molecule has 0 aliphatic carbocycles. The van der Waals surface area contributed by atoms with E-state index >= 15 is 0 Å². The van der Waals surface area contributed by atoms with Crippen LogP contribution in [-0.2, 0) is 6.54 Å². The second kappa shape index (κ2) is 6.30. The van der Waals surface area contributed by atoms with Crippen molar-refractivity contribution in [2.24, 2.45) is 5.73 Å². The number of nitrogens with zero attached hydrogens (tertiary/aromatic N) is 3. The molecular weight excluding hydrogens is 291 g/mol. The largest absolute Gasteiger partial charge is 0.325 e. The van der Waals surface area contributed by atoms with Gasteiger partial charge in [-0.15, -0.1) is 5.10 Å². The molecule has 0 spiro atoms. The molecule has 0 saturated heterocycles. The maximum atomic E-state index is 14.2. The van der Waals surface area contributed by atoms with E-state index in [1.807, 2.05) is 12.1 Å². The Morgan fingerprint density at radius 2 is 1.78 bits per heavy atom. The number of hydrogen-bond donors (Lipinski definition) is 1. The van der Waals surface area contributed by atoms with Crippen molar-refractivity contribution in [3.05, 3.63) is 65.6 Å².